The number of hydrogen-bond acceptors (Lipinski definition) is 6. The van der Waals surface area contributed by atoms with Gasteiger partial charge in [0, 0.05) is 6.42 Å². The van der Waals surface area contributed by atoms with E-state index in [0.29, 0.717) is 23.9 Å². The summed E-state index contributed by atoms with van der Waals surface area (Å²) in [7, 11) is 1.43. The SMILES string of the molecule is CC/C=C\C/C=C\C/C=C\C/C=C\C=C\C(O)CCCC(=O)N[C@@H](COP(=O)(O)OCC[N+](C)(C)C)[C@H](O)/C=C/CCCCCCCC/C=C\CCC. The maximum absolute atomic E-state index is 12.8. The second kappa shape index (κ2) is 34.2. The molecule has 4 N–H and O–H groups in total. The van der Waals surface area contributed by atoms with E-state index in [1.54, 1.807) is 18.2 Å². The number of unbranched alkanes of at least 4 members (excludes halogenated alkanes) is 8. The molecule has 0 aliphatic rings. The molecule has 0 rings (SSSR count). The van der Waals surface area contributed by atoms with Gasteiger partial charge in [0.1, 0.15) is 13.2 Å². The Hall–Kier alpha value is -2.36. The van der Waals surface area contributed by atoms with Gasteiger partial charge < -0.3 is 24.9 Å². The summed E-state index contributed by atoms with van der Waals surface area (Å²) in [6.45, 7) is 4.44. The third-order valence-electron chi connectivity index (χ3n) is 8.18. The van der Waals surface area contributed by atoms with Crippen LogP contribution in [0.3, 0.4) is 0 Å². The zero-order valence-corrected chi connectivity index (χ0v) is 34.7. The zero-order chi connectivity index (χ0) is 39.5. The molecule has 0 bridgehead atoms. The Bertz CT molecular complexity index is 1150. The second-order valence-electron chi connectivity index (χ2n) is 14.5. The molecular formula is C43H76N2O7P+. The second-order valence-corrected chi connectivity index (χ2v) is 15.9. The lowest BCUT2D eigenvalue weighted by Crippen LogP contribution is -2.45. The van der Waals surface area contributed by atoms with E-state index >= 15 is 0 Å². The Labute approximate surface area is 323 Å². The highest BCUT2D eigenvalue weighted by Crippen LogP contribution is 2.43. The minimum absolute atomic E-state index is 0.0197. The summed E-state index contributed by atoms with van der Waals surface area (Å²) in [5.74, 6) is -0.347. The fourth-order valence-corrected chi connectivity index (χ4v) is 5.69. The lowest BCUT2D eigenvalue weighted by molar-refractivity contribution is -0.870. The van der Waals surface area contributed by atoms with Gasteiger partial charge in [0.15, 0.2) is 0 Å². The number of allylic oxidation sites excluding steroid dienone is 12. The number of quaternary nitrogens is 1. The third-order valence-corrected chi connectivity index (χ3v) is 9.16. The average Bonchev–Trinajstić information content (AvgIpc) is 3.09. The molecule has 0 aromatic heterocycles. The molecular weight excluding hydrogens is 687 g/mol. The summed E-state index contributed by atoms with van der Waals surface area (Å²) >= 11 is 0. The Balaban J connectivity index is 4.76. The predicted octanol–water partition coefficient (Wildman–Crippen LogP) is 9.60. The summed E-state index contributed by atoms with van der Waals surface area (Å²) in [6, 6.07) is -0.949. The minimum atomic E-state index is -4.39. The van der Waals surface area contributed by atoms with Crippen LogP contribution in [0.1, 0.15) is 123 Å². The molecule has 0 aliphatic carbocycles. The lowest BCUT2D eigenvalue weighted by atomic mass is 10.1. The molecule has 0 radical (unpaired) electrons. The van der Waals surface area contributed by atoms with Crippen molar-refractivity contribution in [1.82, 2.24) is 5.32 Å². The number of hydrogen-bond donors (Lipinski definition) is 4. The highest BCUT2D eigenvalue weighted by molar-refractivity contribution is 7.47. The molecule has 1 amide bonds. The highest BCUT2D eigenvalue weighted by atomic mass is 31.2. The number of carbonyl (C=O) groups is 1. The first-order chi connectivity index (χ1) is 25.4. The maximum atomic E-state index is 12.8. The smallest absolute Gasteiger partial charge is 0.389 e. The number of carbonyl (C=O) groups excluding carboxylic acids is 1. The molecule has 2 unspecified atom stereocenters. The fourth-order valence-electron chi connectivity index (χ4n) is 4.95. The van der Waals surface area contributed by atoms with Crippen molar-refractivity contribution in [2.45, 2.75) is 141 Å². The topological polar surface area (TPSA) is 125 Å². The van der Waals surface area contributed by atoms with Crippen LogP contribution in [0, 0.1) is 0 Å². The first-order valence-corrected chi connectivity index (χ1v) is 21.6. The largest absolute Gasteiger partial charge is 0.472 e. The molecule has 0 aliphatic heterocycles. The molecule has 4 atom stereocenters. The van der Waals surface area contributed by atoms with Crippen LogP contribution < -0.4 is 5.32 Å². The van der Waals surface area contributed by atoms with Gasteiger partial charge in [-0.1, -0.05) is 131 Å². The number of rotatable bonds is 34. The minimum Gasteiger partial charge on any atom is -0.389 e. The first-order valence-electron chi connectivity index (χ1n) is 20.1. The number of phosphoric acid groups is 1. The van der Waals surface area contributed by atoms with E-state index in [1.807, 2.05) is 39.4 Å². The molecule has 0 aromatic rings. The fraction of sp³-hybridized carbons (Fsp3) is 0.651. The number of likely N-dealkylation sites (N-methyl/N-ethyl adjacent to an activating group) is 1. The molecule has 10 heteroatoms. The summed E-state index contributed by atoms with van der Waals surface area (Å²) in [6.07, 6.45) is 42.5. The third kappa shape index (κ3) is 36.4. The summed E-state index contributed by atoms with van der Waals surface area (Å²) in [5.41, 5.74) is 0. The van der Waals surface area contributed by atoms with Crippen molar-refractivity contribution in [3.63, 3.8) is 0 Å². The zero-order valence-electron chi connectivity index (χ0n) is 33.8. The first kappa shape index (κ1) is 50.6. The van der Waals surface area contributed by atoms with Gasteiger partial charge in [-0.05, 0) is 70.6 Å². The van der Waals surface area contributed by atoms with Crippen LogP contribution in [-0.4, -0.2) is 84.6 Å². The van der Waals surface area contributed by atoms with E-state index in [-0.39, 0.29) is 18.9 Å². The Morgan fingerprint density at radius 1 is 0.717 bits per heavy atom. The van der Waals surface area contributed by atoms with Crippen LogP contribution in [-0.2, 0) is 18.4 Å². The molecule has 0 saturated heterocycles. The Morgan fingerprint density at radius 3 is 1.92 bits per heavy atom. The van der Waals surface area contributed by atoms with Crippen LogP contribution in [0.5, 0.6) is 0 Å². The molecule has 0 aromatic carbocycles. The number of nitrogens with zero attached hydrogens (tertiary/aromatic N) is 1. The van der Waals surface area contributed by atoms with Crippen LogP contribution in [0.4, 0.5) is 0 Å². The number of nitrogens with one attached hydrogen (secondary N) is 1. The van der Waals surface area contributed by atoms with Crippen LogP contribution >= 0.6 is 7.82 Å². The quantitative estimate of drug-likeness (QED) is 0.0169. The van der Waals surface area contributed by atoms with Crippen molar-refractivity contribution in [3.05, 3.63) is 85.1 Å². The Morgan fingerprint density at radius 2 is 1.30 bits per heavy atom. The molecule has 304 valence electrons. The maximum Gasteiger partial charge on any atom is 0.472 e. The highest BCUT2D eigenvalue weighted by Gasteiger charge is 2.27. The lowest BCUT2D eigenvalue weighted by Gasteiger charge is -2.25. The van der Waals surface area contributed by atoms with E-state index in [1.165, 1.54) is 32.1 Å². The van der Waals surface area contributed by atoms with Crippen LogP contribution in [0.15, 0.2) is 85.1 Å². The van der Waals surface area contributed by atoms with E-state index in [0.717, 1.165) is 57.8 Å². The molecule has 0 heterocycles. The van der Waals surface area contributed by atoms with E-state index < -0.39 is 32.7 Å². The molecule has 0 spiro atoms. The van der Waals surface area contributed by atoms with Crippen molar-refractivity contribution >= 4 is 13.7 Å². The number of aliphatic hydroxyl groups is 2. The molecule has 0 fully saturated rings. The van der Waals surface area contributed by atoms with Crippen molar-refractivity contribution in [2.24, 2.45) is 0 Å². The van der Waals surface area contributed by atoms with Crippen molar-refractivity contribution in [3.8, 4) is 0 Å². The van der Waals surface area contributed by atoms with Crippen molar-refractivity contribution < 1.29 is 38.0 Å². The van der Waals surface area contributed by atoms with Gasteiger partial charge in [-0.3, -0.25) is 13.8 Å². The van der Waals surface area contributed by atoms with Crippen LogP contribution in [0.25, 0.3) is 0 Å². The number of amides is 1. The Kier molecular flexibility index (Phi) is 32.6. The van der Waals surface area contributed by atoms with Gasteiger partial charge in [0.05, 0.1) is 46.0 Å². The number of aliphatic hydroxyl groups excluding tert-OH is 2. The summed E-state index contributed by atoms with van der Waals surface area (Å²) in [5, 5.41) is 24.0. The van der Waals surface area contributed by atoms with E-state index in [9.17, 15) is 24.5 Å². The summed E-state index contributed by atoms with van der Waals surface area (Å²) in [4.78, 5) is 23.0. The van der Waals surface area contributed by atoms with Gasteiger partial charge in [-0.15, -0.1) is 0 Å². The van der Waals surface area contributed by atoms with E-state index in [2.05, 4.69) is 67.8 Å². The normalized spacial score (nSPS) is 16.0. The van der Waals surface area contributed by atoms with Gasteiger partial charge in [-0.2, -0.15) is 0 Å². The van der Waals surface area contributed by atoms with Gasteiger partial charge in [0.2, 0.25) is 5.91 Å². The van der Waals surface area contributed by atoms with E-state index in [4.69, 9.17) is 9.05 Å². The average molecular weight is 764 g/mol. The standard InChI is InChI=1S/C43H75N2O7P/c1-6-8-10-12-14-16-18-20-22-24-26-28-30-33-40(46)34-32-36-43(48)44-41(39-52-53(49,50)51-38-37-45(3,4)5)42(47)35-31-29-27-25-23-21-19-17-15-13-11-9-7-2/h8,10-11,13-14,16,20,22,26,28,30-31,33,35,40-42,46-47H,6-7,9,12,15,17-19,21,23-25,27,29,32,34,36-39H2,1-5H3,(H-,44,48,49,50)/p+1/b10-8-,13-11-,16-14-,22-20-,28-26-,33-30+,35-31+/t40?,41-,42+/m0/s1. The predicted molar refractivity (Wildman–Crippen MR) is 222 cm³/mol. The van der Waals surface area contributed by atoms with Gasteiger partial charge in [-0.25, -0.2) is 4.57 Å². The molecule has 53 heavy (non-hydrogen) atoms. The molecule has 9 nitrogen and oxygen atoms in total. The number of phosphoric ester groups is 1. The van der Waals surface area contributed by atoms with Gasteiger partial charge >= 0.3 is 7.82 Å². The summed E-state index contributed by atoms with van der Waals surface area (Å²) < 4.78 is 23.4. The van der Waals surface area contributed by atoms with Crippen LogP contribution in [0.2, 0.25) is 0 Å². The molecule has 0 saturated carbocycles. The monoisotopic (exact) mass is 764 g/mol. The van der Waals surface area contributed by atoms with Crippen molar-refractivity contribution in [1.29, 1.82) is 0 Å². The van der Waals surface area contributed by atoms with Crippen molar-refractivity contribution in [2.75, 3.05) is 40.9 Å². The van der Waals surface area contributed by atoms with Gasteiger partial charge in [0.25, 0.3) is 0 Å².